The Morgan fingerprint density at radius 3 is 2.53 bits per heavy atom. The lowest BCUT2D eigenvalue weighted by atomic mass is 10.2. The highest BCUT2D eigenvalue weighted by atomic mass is 16.1. The molecule has 0 aliphatic heterocycles. The first-order valence-corrected chi connectivity index (χ1v) is 10.3. The van der Waals surface area contributed by atoms with Crippen LogP contribution in [-0.2, 0) is 13.6 Å². The summed E-state index contributed by atoms with van der Waals surface area (Å²) in [5.74, 6) is 0.867. The molecule has 0 atom stereocenters. The first kappa shape index (κ1) is 21.1. The van der Waals surface area contributed by atoms with E-state index in [-0.39, 0.29) is 11.5 Å². The van der Waals surface area contributed by atoms with Crippen LogP contribution in [0.25, 0.3) is 10.9 Å². The smallest absolute Gasteiger partial charge is 0.262 e. The van der Waals surface area contributed by atoms with Crippen molar-refractivity contribution in [2.75, 3.05) is 17.7 Å². The minimum atomic E-state index is -0.286. The summed E-state index contributed by atoms with van der Waals surface area (Å²) in [6, 6.07) is 7.44. The van der Waals surface area contributed by atoms with Gasteiger partial charge in [-0.1, -0.05) is 6.07 Å². The van der Waals surface area contributed by atoms with Crippen molar-refractivity contribution in [3.8, 4) is 0 Å². The molecule has 0 bridgehead atoms. The summed E-state index contributed by atoms with van der Waals surface area (Å²) < 4.78 is 3.53. The molecule has 0 saturated heterocycles. The van der Waals surface area contributed by atoms with Gasteiger partial charge in [0.15, 0.2) is 0 Å². The molecule has 9 nitrogen and oxygen atoms in total. The van der Waals surface area contributed by atoms with Crippen LogP contribution in [-0.4, -0.2) is 32.1 Å². The van der Waals surface area contributed by atoms with Crippen LogP contribution < -0.4 is 21.5 Å². The topological polar surface area (TPSA) is 106 Å². The van der Waals surface area contributed by atoms with E-state index in [0.29, 0.717) is 40.5 Å². The molecule has 3 N–H and O–H groups in total. The minimum Gasteiger partial charge on any atom is -0.355 e. The second-order valence-electron chi connectivity index (χ2n) is 7.49. The highest BCUT2D eigenvalue weighted by molar-refractivity contribution is 6.02. The lowest BCUT2D eigenvalue weighted by molar-refractivity contribution is 0.0963. The number of rotatable bonds is 6. The summed E-state index contributed by atoms with van der Waals surface area (Å²) in [4.78, 5) is 34.2. The van der Waals surface area contributed by atoms with E-state index in [2.05, 4.69) is 25.9 Å². The Kier molecular flexibility index (Phi) is 5.63. The highest BCUT2D eigenvalue weighted by Crippen LogP contribution is 2.29. The number of nitrogens with one attached hydrogen (secondary N) is 3. The first-order valence-electron chi connectivity index (χ1n) is 10.3. The SMILES string of the molecule is CCn1ccc2c(c(Nc3cc(Nc4ccc(C)cn4)ncc3C(=O)NC)cn2C)c1=O. The zero-order valence-electron chi connectivity index (χ0n) is 18.4. The second kappa shape index (κ2) is 8.54. The van der Waals surface area contributed by atoms with E-state index in [1.165, 1.54) is 6.20 Å². The van der Waals surface area contributed by atoms with Gasteiger partial charge in [0.05, 0.1) is 27.8 Å². The van der Waals surface area contributed by atoms with Crippen molar-refractivity contribution in [3.05, 3.63) is 70.5 Å². The number of nitrogens with zero attached hydrogens (tertiary/aromatic N) is 4. The maximum absolute atomic E-state index is 13.0. The van der Waals surface area contributed by atoms with Crippen molar-refractivity contribution in [1.82, 2.24) is 24.4 Å². The van der Waals surface area contributed by atoms with Crippen LogP contribution >= 0.6 is 0 Å². The first-order chi connectivity index (χ1) is 15.4. The number of fused-ring (bicyclic) bond motifs is 1. The monoisotopic (exact) mass is 431 g/mol. The van der Waals surface area contributed by atoms with Gasteiger partial charge in [0.2, 0.25) is 0 Å². The quantitative estimate of drug-likeness (QED) is 0.433. The van der Waals surface area contributed by atoms with Gasteiger partial charge in [0, 0.05) is 51.5 Å². The van der Waals surface area contributed by atoms with E-state index < -0.39 is 0 Å². The number of hydrogen-bond acceptors (Lipinski definition) is 6. The fourth-order valence-corrected chi connectivity index (χ4v) is 3.54. The predicted molar refractivity (Wildman–Crippen MR) is 126 cm³/mol. The lowest BCUT2D eigenvalue weighted by Gasteiger charge is -2.13. The fourth-order valence-electron chi connectivity index (χ4n) is 3.54. The van der Waals surface area contributed by atoms with E-state index in [4.69, 9.17) is 0 Å². The largest absolute Gasteiger partial charge is 0.355 e. The Labute approximate surface area is 185 Å². The van der Waals surface area contributed by atoms with Gasteiger partial charge in [-0.2, -0.15) is 0 Å². The van der Waals surface area contributed by atoms with Gasteiger partial charge in [-0.3, -0.25) is 9.59 Å². The van der Waals surface area contributed by atoms with E-state index in [0.717, 1.165) is 11.1 Å². The Balaban J connectivity index is 1.79. The molecular weight excluding hydrogens is 406 g/mol. The molecule has 0 saturated carbocycles. The van der Waals surface area contributed by atoms with Crippen molar-refractivity contribution >= 4 is 39.8 Å². The van der Waals surface area contributed by atoms with Crippen LogP contribution in [0.15, 0.2) is 53.8 Å². The molecule has 4 heterocycles. The third-order valence-corrected chi connectivity index (χ3v) is 5.27. The summed E-state index contributed by atoms with van der Waals surface area (Å²) in [6.07, 6.45) is 6.88. The standard InChI is InChI=1S/C23H25N7O2/c1-5-30-9-8-18-21(23(30)32)17(13-29(18)4)27-16-10-20(26-12-15(16)22(31)24-3)28-19-7-6-14(2)11-25-19/h6-13H,5H2,1-4H3,(H,24,31)(H2,25,26,27,28). The number of carbonyl (C=O) groups is 1. The zero-order valence-corrected chi connectivity index (χ0v) is 18.4. The van der Waals surface area contributed by atoms with Gasteiger partial charge in [-0.15, -0.1) is 0 Å². The lowest BCUT2D eigenvalue weighted by Crippen LogP contribution is -2.20. The van der Waals surface area contributed by atoms with Crippen LogP contribution in [0.1, 0.15) is 22.8 Å². The summed E-state index contributed by atoms with van der Waals surface area (Å²) in [7, 11) is 3.44. The molecule has 0 aromatic carbocycles. The van der Waals surface area contributed by atoms with E-state index >= 15 is 0 Å². The molecule has 1 amide bonds. The van der Waals surface area contributed by atoms with Crippen molar-refractivity contribution in [1.29, 1.82) is 0 Å². The number of carbonyl (C=O) groups excluding carboxylic acids is 1. The summed E-state index contributed by atoms with van der Waals surface area (Å²) >= 11 is 0. The van der Waals surface area contributed by atoms with Crippen LogP contribution in [0.5, 0.6) is 0 Å². The van der Waals surface area contributed by atoms with Crippen LogP contribution in [0.3, 0.4) is 0 Å². The van der Waals surface area contributed by atoms with E-state index in [9.17, 15) is 9.59 Å². The van der Waals surface area contributed by atoms with Gasteiger partial charge in [-0.05, 0) is 31.5 Å². The predicted octanol–water partition coefficient (Wildman–Crippen LogP) is 3.31. The third kappa shape index (κ3) is 3.92. The van der Waals surface area contributed by atoms with Crippen LogP contribution in [0.2, 0.25) is 0 Å². The second-order valence-corrected chi connectivity index (χ2v) is 7.49. The Morgan fingerprint density at radius 2 is 1.84 bits per heavy atom. The number of aryl methyl sites for hydroxylation is 3. The molecule has 164 valence electrons. The van der Waals surface area contributed by atoms with Gasteiger partial charge in [0.1, 0.15) is 11.6 Å². The molecule has 0 aliphatic rings. The molecule has 0 radical (unpaired) electrons. The molecule has 4 aromatic heterocycles. The van der Waals surface area contributed by atoms with Gasteiger partial charge in [0.25, 0.3) is 11.5 Å². The number of anilines is 4. The Morgan fingerprint density at radius 1 is 1.06 bits per heavy atom. The molecular formula is C23H25N7O2. The molecule has 4 aromatic rings. The average Bonchev–Trinajstić information content (AvgIpc) is 3.11. The van der Waals surface area contributed by atoms with Crippen molar-refractivity contribution in [2.24, 2.45) is 7.05 Å². The zero-order chi connectivity index (χ0) is 22.8. The van der Waals surface area contributed by atoms with Gasteiger partial charge in [-0.25, -0.2) is 9.97 Å². The molecule has 0 aliphatic carbocycles. The fraction of sp³-hybridized carbons (Fsp3) is 0.217. The minimum absolute atomic E-state index is 0.0918. The molecule has 9 heteroatoms. The Hall–Kier alpha value is -4.14. The van der Waals surface area contributed by atoms with E-state index in [1.54, 1.807) is 30.1 Å². The molecule has 0 fully saturated rings. The highest BCUT2D eigenvalue weighted by Gasteiger charge is 2.17. The van der Waals surface area contributed by atoms with Crippen molar-refractivity contribution < 1.29 is 4.79 Å². The maximum atomic E-state index is 13.0. The van der Waals surface area contributed by atoms with Crippen molar-refractivity contribution in [3.63, 3.8) is 0 Å². The molecule has 4 rings (SSSR count). The van der Waals surface area contributed by atoms with E-state index in [1.807, 2.05) is 49.9 Å². The van der Waals surface area contributed by atoms with Crippen LogP contribution in [0, 0.1) is 6.92 Å². The summed E-state index contributed by atoms with van der Waals surface area (Å²) in [5.41, 5.74) is 3.26. The number of aromatic nitrogens is 4. The average molecular weight is 432 g/mol. The molecule has 0 spiro atoms. The maximum Gasteiger partial charge on any atom is 0.262 e. The molecule has 32 heavy (non-hydrogen) atoms. The van der Waals surface area contributed by atoms with Gasteiger partial charge >= 0.3 is 0 Å². The number of amides is 1. The Bertz CT molecular complexity index is 1350. The summed E-state index contributed by atoms with van der Waals surface area (Å²) in [5, 5.41) is 9.63. The number of hydrogen-bond donors (Lipinski definition) is 3. The normalized spacial score (nSPS) is 10.9. The van der Waals surface area contributed by atoms with Crippen LogP contribution in [0.4, 0.5) is 23.0 Å². The molecule has 0 unspecified atom stereocenters. The third-order valence-electron chi connectivity index (χ3n) is 5.27. The van der Waals surface area contributed by atoms with Crippen molar-refractivity contribution in [2.45, 2.75) is 20.4 Å². The van der Waals surface area contributed by atoms with Gasteiger partial charge < -0.3 is 25.1 Å². The number of pyridine rings is 3. The summed E-state index contributed by atoms with van der Waals surface area (Å²) in [6.45, 7) is 4.46.